The number of hydrogen-bond acceptors (Lipinski definition) is 4. The topological polar surface area (TPSA) is 77.1 Å². The highest BCUT2D eigenvalue weighted by Crippen LogP contribution is 2.26. The first kappa shape index (κ1) is 19.8. The number of nitrogens with one attached hydrogen (secondary N) is 1. The average molecular weight is 423 g/mol. The molecule has 1 amide bonds. The Morgan fingerprint density at radius 1 is 0.969 bits per heavy atom. The largest absolute Gasteiger partial charge is 0.448 e. The van der Waals surface area contributed by atoms with E-state index < -0.39 is 11.6 Å². The molecule has 0 aliphatic heterocycles. The van der Waals surface area contributed by atoms with Gasteiger partial charge in [-0.1, -0.05) is 48.5 Å². The molecule has 6 nitrogen and oxygen atoms in total. The number of nitrogens with zero attached hydrogens (tertiary/aromatic N) is 2. The van der Waals surface area contributed by atoms with Crippen molar-refractivity contribution in [3.63, 3.8) is 0 Å². The molecule has 6 heteroatoms. The fourth-order valence-electron chi connectivity index (χ4n) is 4.11. The number of aryl methyl sites for hydroxylation is 2. The van der Waals surface area contributed by atoms with E-state index in [-0.39, 0.29) is 11.5 Å². The third-order valence-corrected chi connectivity index (χ3v) is 5.44. The van der Waals surface area contributed by atoms with Crippen molar-refractivity contribution < 1.29 is 9.21 Å². The predicted molar refractivity (Wildman–Crippen MR) is 125 cm³/mol. The first-order valence-corrected chi connectivity index (χ1v) is 10.3. The number of hydrogen-bond donors (Lipinski definition) is 1. The zero-order valence-electron chi connectivity index (χ0n) is 17.7. The van der Waals surface area contributed by atoms with Crippen LogP contribution in [0.4, 0.5) is 5.69 Å². The number of para-hydroxylation sites is 1. The molecule has 2 heterocycles. The summed E-state index contributed by atoms with van der Waals surface area (Å²) in [5, 5.41) is 3.73. The van der Waals surface area contributed by atoms with Gasteiger partial charge in [0.05, 0.1) is 6.33 Å². The van der Waals surface area contributed by atoms with Crippen molar-refractivity contribution in [1.82, 2.24) is 9.55 Å². The molecule has 0 spiro atoms. The molecule has 0 aliphatic carbocycles. The van der Waals surface area contributed by atoms with Gasteiger partial charge in [0.2, 0.25) is 5.58 Å². The molecule has 0 bridgehead atoms. The zero-order valence-corrected chi connectivity index (χ0v) is 17.7. The second-order valence-corrected chi connectivity index (χ2v) is 7.91. The molecular formula is C26H21N3O3. The van der Waals surface area contributed by atoms with Crippen LogP contribution in [0.3, 0.4) is 0 Å². The Balaban J connectivity index is 1.65. The van der Waals surface area contributed by atoms with Crippen molar-refractivity contribution in [2.45, 2.75) is 19.9 Å². The maximum absolute atomic E-state index is 13.5. The molecule has 158 valence electrons. The van der Waals surface area contributed by atoms with E-state index in [1.54, 1.807) is 6.07 Å². The van der Waals surface area contributed by atoms with Crippen LogP contribution in [0.2, 0.25) is 0 Å². The second kappa shape index (κ2) is 7.81. The van der Waals surface area contributed by atoms with Gasteiger partial charge in [0.15, 0.2) is 0 Å². The lowest BCUT2D eigenvalue weighted by molar-refractivity contribution is -0.118. The average Bonchev–Trinajstić information content (AvgIpc) is 3.15. The van der Waals surface area contributed by atoms with Gasteiger partial charge in [-0.15, -0.1) is 0 Å². The molecule has 1 atom stereocenters. The zero-order chi connectivity index (χ0) is 22.2. The number of benzene rings is 3. The van der Waals surface area contributed by atoms with E-state index in [0.717, 1.165) is 16.5 Å². The van der Waals surface area contributed by atoms with E-state index >= 15 is 0 Å². The van der Waals surface area contributed by atoms with Gasteiger partial charge in [-0.05, 0) is 54.8 Å². The lowest BCUT2D eigenvalue weighted by Gasteiger charge is -2.20. The molecule has 3 aromatic carbocycles. The minimum Gasteiger partial charge on any atom is -0.448 e. The van der Waals surface area contributed by atoms with E-state index in [1.807, 2.05) is 80.6 Å². The Labute approximate surface area is 184 Å². The summed E-state index contributed by atoms with van der Waals surface area (Å²) in [6, 6.07) is 21.5. The summed E-state index contributed by atoms with van der Waals surface area (Å²) in [5.41, 5.74) is 4.24. The first-order chi connectivity index (χ1) is 15.5. The summed E-state index contributed by atoms with van der Waals surface area (Å²) in [6.45, 7) is 3.95. The van der Waals surface area contributed by atoms with E-state index in [4.69, 9.17) is 4.42 Å². The van der Waals surface area contributed by atoms with Gasteiger partial charge >= 0.3 is 0 Å². The minimum absolute atomic E-state index is 0.133. The van der Waals surface area contributed by atoms with Gasteiger partial charge in [-0.25, -0.2) is 4.98 Å². The fourth-order valence-corrected chi connectivity index (χ4v) is 4.11. The number of fused-ring (bicyclic) bond motifs is 3. The van der Waals surface area contributed by atoms with Crippen LogP contribution in [0.25, 0.3) is 22.1 Å². The molecule has 2 aromatic heterocycles. The third-order valence-electron chi connectivity index (χ3n) is 5.44. The Bertz CT molecular complexity index is 1500. The number of carbonyl (C=O) groups excluding carboxylic acids is 1. The first-order valence-electron chi connectivity index (χ1n) is 10.3. The Morgan fingerprint density at radius 3 is 2.41 bits per heavy atom. The molecule has 32 heavy (non-hydrogen) atoms. The lowest BCUT2D eigenvalue weighted by atomic mass is 10.1. The molecule has 5 rings (SSSR count). The Morgan fingerprint density at radius 2 is 1.66 bits per heavy atom. The number of aromatic nitrogens is 2. The van der Waals surface area contributed by atoms with Crippen LogP contribution in [0.1, 0.15) is 22.7 Å². The van der Waals surface area contributed by atoms with E-state index in [1.165, 1.54) is 10.9 Å². The normalized spacial score (nSPS) is 12.2. The molecular weight excluding hydrogens is 402 g/mol. The van der Waals surface area contributed by atoms with Gasteiger partial charge in [-0.2, -0.15) is 0 Å². The molecule has 0 saturated heterocycles. The number of furan rings is 1. The van der Waals surface area contributed by atoms with Gasteiger partial charge in [0, 0.05) is 11.1 Å². The van der Waals surface area contributed by atoms with Crippen molar-refractivity contribution in [2.24, 2.45) is 0 Å². The van der Waals surface area contributed by atoms with Crippen molar-refractivity contribution in [3.05, 3.63) is 106 Å². The lowest BCUT2D eigenvalue weighted by Crippen LogP contribution is -2.34. The molecule has 0 aliphatic rings. The van der Waals surface area contributed by atoms with Crippen LogP contribution >= 0.6 is 0 Å². The number of anilines is 1. The standard InChI is InChI=1S/C26H21N3O3/c1-16-12-17(2)14-19(13-16)28-25(30)23(18-8-4-3-5-9-18)29-15-27-22-20-10-6-7-11-21(20)32-24(22)26(29)31/h3-15,23H,1-2H3,(H,28,30). The molecule has 5 aromatic rings. The van der Waals surface area contributed by atoms with Crippen LogP contribution in [0.15, 0.2) is 88.3 Å². The van der Waals surface area contributed by atoms with Gasteiger partial charge in [0.1, 0.15) is 17.1 Å². The third kappa shape index (κ3) is 3.46. The smallest absolute Gasteiger partial charge is 0.298 e. The fraction of sp³-hybridized carbons (Fsp3) is 0.115. The van der Waals surface area contributed by atoms with Crippen LogP contribution in [0, 0.1) is 13.8 Å². The minimum atomic E-state index is -0.908. The Hall–Kier alpha value is -4.19. The highest BCUT2D eigenvalue weighted by atomic mass is 16.3. The monoisotopic (exact) mass is 423 g/mol. The van der Waals surface area contributed by atoms with Crippen molar-refractivity contribution in [2.75, 3.05) is 5.32 Å². The van der Waals surface area contributed by atoms with E-state index in [0.29, 0.717) is 22.4 Å². The number of carbonyl (C=O) groups is 1. The SMILES string of the molecule is Cc1cc(C)cc(NC(=O)C(c2ccccc2)n2cnc3c(oc4ccccc43)c2=O)c1. The summed E-state index contributed by atoms with van der Waals surface area (Å²) in [5.74, 6) is -0.333. The highest BCUT2D eigenvalue weighted by Gasteiger charge is 2.26. The van der Waals surface area contributed by atoms with Crippen LogP contribution in [-0.2, 0) is 4.79 Å². The van der Waals surface area contributed by atoms with Gasteiger partial charge < -0.3 is 9.73 Å². The van der Waals surface area contributed by atoms with Crippen LogP contribution in [-0.4, -0.2) is 15.5 Å². The summed E-state index contributed by atoms with van der Waals surface area (Å²) < 4.78 is 7.14. The maximum Gasteiger partial charge on any atom is 0.298 e. The summed E-state index contributed by atoms with van der Waals surface area (Å²) in [7, 11) is 0. The van der Waals surface area contributed by atoms with Crippen LogP contribution in [0.5, 0.6) is 0 Å². The maximum atomic E-state index is 13.5. The van der Waals surface area contributed by atoms with Crippen LogP contribution < -0.4 is 10.9 Å². The van der Waals surface area contributed by atoms with Gasteiger partial charge in [0.25, 0.3) is 11.5 Å². The van der Waals surface area contributed by atoms with E-state index in [2.05, 4.69) is 10.3 Å². The summed E-state index contributed by atoms with van der Waals surface area (Å²) >= 11 is 0. The molecule has 0 saturated carbocycles. The quantitative estimate of drug-likeness (QED) is 0.442. The highest BCUT2D eigenvalue weighted by molar-refractivity contribution is 6.02. The van der Waals surface area contributed by atoms with Gasteiger partial charge in [-0.3, -0.25) is 14.2 Å². The number of amides is 1. The predicted octanol–water partition coefficient (Wildman–Crippen LogP) is 4.99. The Kier molecular flexibility index (Phi) is 4.82. The van der Waals surface area contributed by atoms with E-state index in [9.17, 15) is 9.59 Å². The summed E-state index contributed by atoms with van der Waals surface area (Å²) in [4.78, 5) is 31.4. The number of rotatable bonds is 4. The second-order valence-electron chi connectivity index (χ2n) is 7.91. The summed E-state index contributed by atoms with van der Waals surface area (Å²) in [6.07, 6.45) is 1.42. The molecule has 1 unspecified atom stereocenters. The van der Waals surface area contributed by atoms with Crippen molar-refractivity contribution >= 4 is 33.7 Å². The molecule has 1 N–H and O–H groups in total. The van der Waals surface area contributed by atoms with Crippen molar-refractivity contribution in [3.8, 4) is 0 Å². The molecule has 0 radical (unpaired) electrons. The van der Waals surface area contributed by atoms with Crippen molar-refractivity contribution in [1.29, 1.82) is 0 Å². The molecule has 0 fully saturated rings.